The number of amides is 2. The smallest absolute Gasteiger partial charge is 0.251 e. The molecule has 3 N–H and O–H groups in total. The molecule has 2 amide bonds. The van der Waals surface area contributed by atoms with Crippen molar-refractivity contribution in [2.24, 2.45) is 0 Å². The van der Waals surface area contributed by atoms with Crippen molar-refractivity contribution in [3.63, 3.8) is 0 Å². The standard InChI is InChI=1S/C28H27N3O5/c29-20-10-6-18(7-11-20)16-23(28(34)31-15-14-25-26(31)24(32)17-35-25)30-27(33)19-8-12-22(13-9-19)36-21-4-2-1-3-5-21/h1-13,23,25-26H,14-17,29H2,(H,30,33). The van der Waals surface area contributed by atoms with Crippen molar-refractivity contribution in [1.82, 2.24) is 10.2 Å². The molecule has 0 aliphatic carbocycles. The van der Waals surface area contributed by atoms with Crippen LogP contribution in [0.25, 0.3) is 0 Å². The Bertz CT molecular complexity index is 1240. The van der Waals surface area contributed by atoms with Crippen LogP contribution in [0.1, 0.15) is 22.3 Å². The van der Waals surface area contributed by atoms with Gasteiger partial charge in [0, 0.05) is 24.2 Å². The zero-order valence-electron chi connectivity index (χ0n) is 19.6. The van der Waals surface area contributed by atoms with E-state index in [4.69, 9.17) is 15.2 Å². The van der Waals surface area contributed by atoms with Gasteiger partial charge in [0.05, 0.1) is 6.10 Å². The molecule has 0 saturated carbocycles. The van der Waals surface area contributed by atoms with E-state index in [1.165, 1.54) is 0 Å². The molecule has 2 heterocycles. The van der Waals surface area contributed by atoms with Gasteiger partial charge in [-0.05, 0) is 60.5 Å². The number of hydrogen-bond donors (Lipinski definition) is 2. The number of nitrogens with two attached hydrogens (primary N) is 1. The summed E-state index contributed by atoms with van der Waals surface area (Å²) in [6, 6.07) is 21.8. The van der Waals surface area contributed by atoms with Gasteiger partial charge in [-0.2, -0.15) is 0 Å². The minimum absolute atomic E-state index is 0.0193. The third kappa shape index (κ3) is 5.08. The average Bonchev–Trinajstić information content (AvgIpc) is 3.48. The van der Waals surface area contributed by atoms with E-state index in [0.717, 1.165) is 5.56 Å². The predicted octanol–water partition coefficient (Wildman–Crippen LogP) is 2.97. The molecule has 8 heteroatoms. The number of nitrogens with one attached hydrogen (secondary N) is 1. The van der Waals surface area contributed by atoms with Crippen LogP contribution in [-0.2, 0) is 20.7 Å². The van der Waals surface area contributed by atoms with Gasteiger partial charge in [-0.1, -0.05) is 30.3 Å². The molecule has 8 nitrogen and oxygen atoms in total. The molecule has 5 rings (SSSR count). The second kappa shape index (κ2) is 10.2. The fourth-order valence-electron chi connectivity index (χ4n) is 4.67. The fourth-order valence-corrected chi connectivity index (χ4v) is 4.67. The number of para-hydroxylation sites is 1. The zero-order valence-corrected chi connectivity index (χ0v) is 19.6. The first-order valence-corrected chi connectivity index (χ1v) is 11.9. The minimum Gasteiger partial charge on any atom is -0.457 e. The summed E-state index contributed by atoms with van der Waals surface area (Å²) in [7, 11) is 0. The van der Waals surface area contributed by atoms with Crippen molar-refractivity contribution in [1.29, 1.82) is 0 Å². The quantitative estimate of drug-likeness (QED) is 0.498. The highest BCUT2D eigenvalue weighted by molar-refractivity contribution is 5.99. The van der Waals surface area contributed by atoms with Crippen LogP contribution in [0.4, 0.5) is 5.69 Å². The fraction of sp³-hybridized carbons (Fsp3) is 0.250. The second-order valence-electron chi connectivity index (χ2n) is 8.99. The van der Waals surface area contributed by atoms with E-state index in [9.17, 15) is 14.4 Å². The number of likely N-dealkylation sites (tertiary alicyclic amines) is 1. The zero-order chi connectivity index (χ0) is 25.1. The molecule has 0 spiro atoms. The number of benzene rings is 3. The lowest BCUT2D eigenvalue weighted by molar-refractivity contribution is -0.138. The van der Waals surface area contributed by atoms with Gasteiger partial charge in [0.15, 0.2) is 5.78 Å². The normalized spacial score (nSPS) is 19.6. The molecule has 184 valence electrons. The molecule has 0 radical (unpaired) electrons. The maximum absolute atomic E-state index is 13.6. The molecule has 2 saturated heterocycles. The Kier molecular flexibility index (Phi) is 6.69. The van der Waals surface area contributed by atoms with Gasteiger partial charge in [0.2, 0.25) is 5.91 Å². The van der Waals surface area contributed by atoms with E-state index in [1.807, 2.05) is 42.5 Å². The van der Waals surface area contributed by atoms with Gasteiger partial charge in [-0.15, -0.1) is 0 Å². The summed E-state index contributed by atoms with van der Waals surface area (Å²) in [5.74, 6) is 0.501. The Balaban J connectivity index is 1.32. The molecule has 36 heavy (non-hydrogen) atoms. The maximum atomic E-state index is 13.6. The van der Waals surface area contributed by atoms with Gasteiger partial charge < -0.3 is 25.4 Å². The van der Waals surface area contributed by atoms with Gasteiger partial charge in [-0.3, -0.25) is 14.4 Å². The lowest BCUT2D eigenvalue weighted by Gasteiger charge is -2.27. The molecule has 0 bridgehead atoms. The van der Waals surface area contributed by atoms with E-state index < -0.39 is 12.1 Å². The highest BCUT2D eigenvalue weighted by Crippen LogP contribution is 2.28. The summed E-state index contributed by atoms with van der Waals surface area (Å²) in [6.07, 6.45) is 0.600. The lowest BCUT2D eigenvalue weighted by atomic mass is 10.0. The van der Waals surface area contributed by atoms with Crippen molar-refractivity contribution in [2.75, 3.05) is 18.9 Å². The number of hydrogen-bond acceptors (Lipinski definition) is 6. The van der Waals surface area contributed by atoms with Crippen molar-refractivity contribution in [2.45, 2.75) is 31.0 Å². The van der Waals surface area contributed by atoms with Crippen LogP contribution >= 0.6 is 0 Å². The molecule has 2 aliphatic rings. The topological polar surface area (TPSA) is 111 Å². The summed E-state index contributed by atoms with van der Waals surface area (Å²) < 4.78 is 11.3. The first-order valence-electron chi connectivity index (χ1n) is 11.9. The van der Waals surface area contributed by atoms with E-state index >= 15 is 0 Å². The summed E-state index contributed by atoms with van der Waals surface area (Å²) in [4.78, 5) is 40.7. The number of rotatable bonds is 7. The van der Waals surface area contributed by atoms with Crippen LogP contribution in [0.15, 0.2) is 78.9 Å². The predicted molar refractivity (Wildman–Crippen MR) is 134 cm³/mol. The molecule has 0 aromatic heterocycles. The highest BCUT2D eigenvalue weighted by Gasteiger charge is 2.48. The number of Topliss-reactive ketones (excluding diaryl/α,β-unsaturated/α-hetero) is 1. The SMILES string of the molecule is Nc1ccc(CC(NC(=O)c2ccc(Oc3ccccc3)cc2)C(=O)N2CCC3OCC(=O)C32)cc1. The van der Waals surface area contributed by atoms with Crippen LogP contribution in [-0.4, -0.2) is 53.8 Å². The second-order valence-corrected chi connectivity index (χ2v) is 8.99. The van der Waals surface area contributed by atoms with Crippen LogP contribution in [0.2, 0.25) is 0 Å². The third-order valence-corrected chi connectivity index (χ3v) is 6.51. The van der Waals surface area contributed by atoms with Crippen LogP contribution in [0.5, 0.6) is 11.5 Å². The number of fused-ring (bicyclic) bond motifs is 1. The van der Waals surface area contributed by atoms with E-state index in [2.05, 4.69) is 5.32 Å². The van der Waals surface area contributed by atoms with Gasteiger partial charge >= 0.3 is 0 Å². The summed E-state index contributed by atoms with van der Waals surface area (Å²) >= 11 is 0. The van der Waals surface area contributed by atoms with Gasteiger partial charge in [0.1, 0.15) is 30.2 Å². The first-order chi connectivity index (χ1) is 17.5. The monoisotopic (exact) mass is 485 g/mol. The first kappa shape index (κ1) is 23.6. The highest BCUT2D eigenvalue weighted by atomic mass is 16.5. The van der Waals surface area contributed by atoms with Crippen LogP contribution in [0, 0.1) is 0 Å². The molecular weight excluding hydrogens is 458 g/mol. The molecule has 3 aromatic rings. The molecule has 3 atom stereocenters. The van der Waals surface area contributed by atoms with Crippen molar-refractivity contribution in [3.8, 4) is 11.5 Å². The van der Waals surface area contributed by atoms with Gasteiger partial charge in [-0.25, -0.2) is 0 Å². The van der Waals surface area contributed by atoms with Crippen LogP contribution < -0.4 is 15.8 Å². The van der Waals surface area contributed by atoms with Gasteiger partial charge in [0.25, 0.3) is 5.91 Å². The number of ether oxygens (including phenoxy) is 2. The number of ketones is 1. The minimum atomic E-state index is -0.853. The van der Waals surface area contributed by atoms with E-state index in [1.54, 1.807) is 41.3 Å². The van der Waals surface area contributed by atoms with E-state index in [-0.39, 0.29) is 36.7 Å². The maximum Gasteiger partial charge on any atom is 0.251 e. The Morgan fingerprint density at radius 3 is 2.42 bits per heavy atom. The molecule has 2 aliphatic heterocycles. The van der Waals surface area contributed by atoms with E-state index in [0.29, 0.717) is 35.7 Å². The summed E-state index contributed by atoms with van der Waals surface area (Å²) in [5.41, 5.74) is 7.65. The molecule has 3 aromatic carbocycles. The molecule has 3 unspecified atom stereocenters. The van der Waals surface area contributed by atoms with Crippen molar-refractivity contribution >= 4 is 23.3 Å². The number of anilines is 1. The van der Waals surface area contributed by atoms with Crippen molar-refractivity contribution < 1.29 is 23.9 Å². The largest absolute Gasteiger partial charge is 0.457 e. The molecule has 2 fully saturated rings. The van der Waals surface area contributed by atoms with Crippen LogP contribution in [0.3, 0.4) is 0 Å². The summed E-state index contributed by atoms with van der Waals surface area (Å²) in [5, 5.41) is 2.88. The Hall–Kier alpha value is -4.17. The van der Waals surface area contributed by atoms with Crippen molar-refractivity contribution in [3.05, 3.63) is 90.0 Å². The Labute approximate surface area is 209 Å². The number of nitrogen functional groups attached to an aromatic ring is 1. The Morgan fingerprint density at radius 1 is 1.00 bits per heavy atom. The molecular formula is C28H27N3O5. The average molecular weight is 486 g/mol. The lowest BCUT2D eigenvalue weighted by Crippen LogP contribution is -2.53. The number of carbonyl (C=O) groups excluding carboxylic acids is 3. The third-order valence-electron chi connectivity index (χ3n) is 6.51. The Morgan fingerprint density at radius 2 is 1.69 bits per heavy atom. The number of nitrogens with zero attached hydrogens (tertiary/aromatic N) is 1. The summed E-state index contributed by atoms with van der Waals surface area (Å²) in [6.45, 7) is 0.436. The number of carbonyl (C=O) groups is 3.